The molecule has 0 bridgehead atoms. The van der Waals surface area contributed by atoms with Crippen LogP contribution in [-0.2, 0) is 0 Å². The number of ether oxygens (including phenoxy) is 1. The molecule has 106 valence electrons. The summed E-state index contributed by atoms with van der Waals surface area (Å²) in [7, 11) is 0. The molecule has 0 atom stereocenters. The lowest BCUT2D eigenvalue weighted by Gasteiger charge is -2.09. The Morgan fingerprint density at radius 3 is 2.57 bits per heavy atom. The summed E-state index contributed by atoms with van der Waals surface area (Å²) in [6, 6.07) is 13.3. The molecule has 0 amide bonds. The summed E-state index contributed by atoms with van der Waals surface area (Å²) < 4.78 is 7.42. The molecule has 0 saturated heterocycles. The van der Waals surface area contributed by atoms with Crippen LogP contribution < -0.4 is 4.74 Å². The van der Waals surface area contributed by atoms with Crippen molar-refractivity contribution in [1.29, 1.82) is 0 Å². The van der Waals surface area contributed by atoms with Gasteiger partial charge in [0.05, 0.1) is 6.10 Å². The standard InChI is InChI=1S/C17H16N2O2/c1-12(2)21-14-8-6-13(7-9-14)17-15(11-20)19-10-4-3-5-16(19)18-17/h3-12H,1-2H3. The van der Waals surface area contributed by atoms with E-state index in [4.69, 9.17) is 4.74 Å². The van der Waals surface area contributed by atoms with Crippen molar-refractivity contribution >= 4 is 11.9 Å². The van der Waals surface area contributed by atoms with Gasteiger partial charge in [-0.3, -0.25) is 9.20 Å². The number of rotatable bonds is 4. The summed E-state index contributed by atoms with van der Waals surface area (Å²) in [5, 5.41) is 0. The molecule has 0 aliphatic rings. The predicted molar refractivity (Wildman–Crippen MR) is 81.8 cm³/mol. The number of fused-ring (bicyclic) bond motifs is 1. The lowest BCUT2D eigenvalue weighted by molar-refractivity contribution is 0.111. The molecule has 0 radical (unpaired) electrons. The van der Waals surface area contributed by atoms with Crippen LogP contribution in [0.4, 0.5) is 0 Å². The molecule has 3 rings (SSSR count). The molecule has 0 spiro atoms. The smallest absolute Gasteiger partial charge is 0.169 e. The van der Waals surface area contributed by atoms with E-state index in [9.17, 15) is 4.79 Å². The van der Waals surface area contributed by atoms with E-state index in [0.29, 0.717) is 11.4 Å². The third kappa shape index (κ3) is 2.52. The number of hydrogen-bond acceptors (Lipinski definition) is 3. The third-order valence-electron chi connectivity index (χ3n) is 3.18. The zero-order valence-corrected chi connectivity index (χ0v) is 12.0. The second kappa shape index (κ2) is 5.40. The van der Waals surface area contributed by atoms with Crippen molar-refractivity contribution in [2.75, 3.05) is 0 Å². The van der Waals surface area contributed by atoms with Gasteiger partial charge in [-0.15, -0.1) is 0 Å². The van der Waals surface area contributed by atoms with E-state index in [1.807, 2.05) is 62.5 Å². The summed E-state index contributed by atoms with van der Waals surface area (Å²) in [5.74, 6) is 0.810. The fourth-order valence-corrected chi connectivity index (χ4v) is 2.30. The molecule has 21 heavy (non-hydrogen) atoms. The largest absolute Gasteiger partial charge is 0.491 e. The van der Waals surface area contributed by atoms with Gasteiger partial charge in [0.1, 0.15) is 22.8 Å². The van der Waals surface area contributed by atoms with Crippen LogP contribution in [0.1, 0.15) is 24.3 Å². The summed E-state index contributed by atoms with van der Waals surface area (Å²) in [6.07, 6.45) is 2.82. The van der Waals surface area contributed by atoms with Crippen molar-refractivity contribution in [3.05, 3.63) is 54.4 Å². The lowest BCUT2D eigenvalue weighted by Crippen LogP contribution is -2.05. The number of carbonyl (C=O) groups excluding carboxylic acids is 1. The van der Waals surface area contributed by atoms with Crippen LogP contribution in [0, 0.1) is 0 Å². The molecular weight excluding hydrogens is 264 g/mol. The Morgan fingerprint density at radius 1 is 1.14 bits per heavy atom. The van der Waals surface area contributed by atoms with Crippen LogP contribution >= 0.6 is 0 Å². The van der Waals surface area contributed by atoms with Gasteiger partial charge in [-0.2, -0.15) is 0 Å². The number of nitrogens with zero attached hydrogens (tertiary/aromatic N) is 2. The zero-order valence-electron chi connectivity index (χ0n) is 12.0. The first-order valence-corrected chi connectivity index (χ1v) is 6.88. The van der Waals surface area contributed by atoms with Crippen molar-refractivity contribution in [2.24, 2.45) is 0 Å². The molecule has 2 heterocycles. The Bertz CT molecular complexity index is 773. The van der Waals surface area contributed by atoms with Gasteiger partial charge in [0.25, 0.3) is 0 Å². The van der Waals surface area contributed by atoms with E-state index in [-0.39, 0.29) is 6.10 Å². The molecule has 0 fully saturated rings. The van der Waals surface area contributed by atoms with Crippen molar-refractivity contribution < 1.29 is 9.53 Å². The van der Waals surface area contributed by atoms with Gasteiger partial charge in [0, 0.05) is 11.8 Å². The van der Waals surface area contributed by atoms with E-state index >= 15 is 0 Å². The number of benzene rings is 1. The van der Waals surface area contributed by atoms with Gasteiger partial charge in [-0.05, 0) is 50.2 Å². The number of carbonyl (C=O) groups is 1. The highest BCUT2D eigenvalue weighted by atomic mass is 16.5. The van der Waals surface area contributed by atoms with Gasteiger partial charge in [0.15, 0.2) is 6.29 Å². The fraction of sp³-hybridized carbons (Fsp3) is 0.176. The van der Waals surface area contributed by atoms with Crippen molar-refractivity contribution in [2.45, 2.75) is 20.0 Å². The maximum atomic E-state index is 11.4. The highest BCUT2D eigenvalue weighted by Gasteiger charge is 2.13. The summed E-state index contributed by atoms with van der Waals surface area (Å²) in [4.78, 5) is 15.9. The first-order valence-electron chi connectivity index (χ1n) is 6.88. The normalized spacial score (nSPS) is 11.0. The van der Waals surface area contributed by atoms with Crippen LogP contribution in [0.5, 0.6) is 5.75 Å². The molecule has 4 nitrogen and oxygen atoms in total. The second-order valence-electron chi connectivity index (χ2n) is 5.08. The van der Waals surface area contributed by atoms with E-state index < -0.39 is 0 Å². The summed E-state index contributed by atoms with van der Waals surface area (Å²) >= 11 is 0. The van der Waals surface area contributed by atoms with Crippen LogP contribution in [0.15, 0.2) is 48.7 Å². The van der Waals surface area contributed by atoms with Gasteiger partial charge >= 0.3 is 0 Å². The molecule has 0 unspecified atom stereocenters. The Kier molecular flexibility index (Phi) is 3.44. The Balaban J connectivity index is 2.05. The molecule has 1 aromatic carbocycles. The molecule has 0 aliphatic carbocycles. The SMILES string of the molecule is CC(C)Oc1ccc(-c2nc3ccccn3c2C=O)cc1. The van der Waals surface area contributed by atoms with Gasteiger partial charge in [-0.25, -0.2) is 4.98 Å². The van der Waals surface area contributed by atoms with Crippen molar-refractivity contribution in [3.8, 4) is 17.0 Å². The summed E-state index contributed by atoms with van der Waals surface area (Å²) in [5.41, 5.74) is 2.91. The van der Waals surface area contributed by atoms with Gasteiger partial charge < -0.3 is 4.74 Å². The topological polar surface area (TPSA) is 43.6 Å². The minimum atomic E-state index is 0.136. The van der Waals surface area contributed by atoms with Gasteiger partial charge in [-0.1, -0.05) is 6.07 Å². The minimum absolute atomic E-state index is 0.136. The third-order valence-corrected chi connectivity index (χ3v) is 3.18. The Morgan fingerprint density at radius 2 is 1.90 bits per heavy atom. The van der Waals surface area contributed by atoms with Crippen LogP contribution in [0.25, 0.3) is 16.9 Å². The highest BCUT2D eigenvalue weighted by Crippen LogP contribution is 2.25. The van der Waals surface area contributed by atoms with E-state index in [1.165, 1.54) is 0 Å². The van der Waals surface area contributed by atoms with Gasteiger partial charge in [0.2, 0.25) is 0 Å². The van der Waals surface area contributed by atoms with E-state index in [1.54, 1.807) is 4.40 Å². The van der Waals surface area contributed by atoms with E-state index in [2.05, 4.69) is 4.98 Å². The molecule has 2 aromatic heterocycles. The minimum Gasteiger partial charge on any atom is -0.491 e. The van der Waals surface area contributed by atoms with Crippen LogP contribution in [0.3, 0.4) is 0 Å². The average Bonchev–Trinajstić information content (AvgIpc) is 2.86. The monoisotopic (exact) mass is 280 g/mol. The van der Waals surface area contributed by atoms with Crippen LogP contribution in [0.2, 0.25) is 0 Å². The lowest BCUT2D eigenvalue weighted by atomic mass is 10.1. The van der Waals surface area contributed by atoms with Crippen LogP contribution in [-0.4, -0.2) is 21.8 Å². The Labute approximate surface area is 123 Å². The fourth-order valence-electron chi connectivity index (χ4n) is 2.30. The zero-order chi connectivity index (χ0) is 14.8. The molecule has 0 saturated carbocycles. The van der Waals surface area contributed by atoms with Crippen molar-refractivity contribution in [1.82, 2.24) is 9.38 Å². The van der Waals surface area contributed by atoms with Crippen molar-refractivity contribution in [3.63, 3.8) is 0 Å². The number of aldehydes is 1. The molecule has 0 aliphatic heterocycles. The van der Waals surface area contributed by atoms with E-state index in [0.717, 1.165) is 23.2 Å². The maximum Gasteiger partial charge on any atom is 0.169 e. The molecule has 0 N–H and O–H groups in total. The predicted octanol–water partition coefficient (Wildman–Crippen LogP) is 3.60. The molecular formula is C17H16N2O2. The first-order chi connectivity index (χ1) is 10.2. The average molecular weight is 280 g/mol. The molecule has 3 aromatic rings. The highest BCUT2D eigenvalue weighted by molar-refractivity contribution is 5.86. The first kappa shape index (κ1) is 13.4. The number of hydrogen-bond donors (Lipinski definition) is 0. The quantitative estimate of drug-likeness (QED) is 0.686. The Hall–Kier alpha value is -2.62. The number of pyridine rings is 1. The summed E-state index contributed by atoms with van der Waals surface area (Å²) in [6.45, 7) is 3.97. The second-order valence-corrected chi connectivity index (χ2v) is 5.08. The number of imidazole rings is 1. The number of aromatic nitrogens is 2. The maximum absolute atomic E-state index is 11.4. The molecule has 4 heteroatoms.